The molecule has 1 heterocycles. The summed E-state index contributed by atoms with van der Waals surface area (Å²) in [6.07, 6.45) is 0. The Hall–Kier alpha value is -1.02. The summed E-state index contributed by atoms with van der Waals surface area (Å²) in [5.74, 6) is 1.61. The highest BCUT2D eigenvalue weighted by atomic mass is 28.2. The van der Waals surface area contributed by atoms with E-state index in [0.717, 1.165) is 0 Å². The maximum atomic E-state index is 3.83. The van der Waals surface area contributed by atoms with E-state index in [1.165, 1.54) is 27.7 Å². The van der Waals surface area contributed by atoms with Gasteiger partial charge >= 0.3 is 0 Å². The Labute approximate surface area is 120 Å². The SMILES string of the molecule is CC(C)c1cccc2c1c(C(C)C)c(C(C)C)n2[Si]. The Bertz CT molecular complexity index is 591. The molecular formula is C17H24NSi. The molecule has 3 radical (unpaired) electrons. The van der Waals surface area contributed by atoms with E-state index in [1.54, 1.807) is 0 Å². The maximum Gasteiger partial charge on any atom is 0.195 e. The van der Waals surface area contributed by atoms with E-state index in [0.29, 0.717) is 17.8 Å². The average Bonchev–Trinajstić information content (AvgIpc) is 2.63. The van der Waals surface area contributed by atoms with Gasteiger partial charge in [-0.15, -0.1) is 0 Å². The highest BCUT2D eigenvalue weighted by Crippen LogP contribution is 2.38. The van der Waals surface area contributed by atoms with Crippen molar-refractivity contribution in [3.05, 3.63) is 35.0 Å². The summed E-state index contributed by atoms with van der Waals surface area (Å²) in [4.78, 5) is 0. The highest BCUT2D eigenvalue weighted by Gasteiger charge is 2.22. The molecule has 2 heteroatoms. The van der Waals surface area contributed by atoms with Gasteiger partial charge in [-0.3, -0.25) is 0 Å². The van der Waals surface area contributed by atoms with Gasteiger partial charge in [0.15, 0.2) is 10.4 Å². The number of rotatable bonds is 3. The second kappa shape index (κ2) is 5.16. The van der Waals surface area contributed by atoms with Gasteiger partial charge < -0.3 is 4.23 Å². The molecule has 0 N–H and O–H groups in total. The Morgan fingerprint density at radius 2 is 1.53 bits per heavy atom. The predicted molar refractivity (Wildman–Crippen MR) is 85.4 cm³/mol. The lowest BCUT2D eigenvalue weighted by molar-refractivity contribution is 0.766. The van der Waals surface area contributed by atoms with Gasteiger partial charge in [-0.25, -0.2) is 0 Å². The van der Waals surface area contributed by atoms with Crippen LogP contribution >= 0.6 is 0 Å². The molecule has 0 saturated carbocycles. The minimum Gasteiger partial charge on any atom is -0.373 e. The zero-order valence-corrected chi connectivity index (χ0v) is 13.9. The summed E-state index contributed by atoms with van der Waals surface area (Å²) in [5, 5.41) is 1.45. The number of benzene rings is 1. The van der Waals surface area contributed by atoms with Crippen LogP contribution in [0.1, 0.15) is 76.1 Å². The summed E-state index contributed by atoms with van der Waals surface area (Å²) >= 11 is 0. The molecule has 0 fully saturated rings. The first-order valence-electron chi connectivity index (χ1n) is 7.24. The van der Waals surface area contributed by atoms with Gasteiger partial charge in [-0.1, -0.05) is 53.7 Å². The molecule has 0 aliphatic heterocycles. The largest absolute Gasteiger partial charge is 0.373 e. The fraction of sp³-hybridized carbons (Fsp3) is 0.529. The standard InChI is InChI=1S/C17H24NSi/c1-10(2)13-8-7-9-14-16(13)15(11(3)4)17(12(5)6)18(14)19/h7-12H,1-6H3. The molecule has 1 aromatic heterocycles. The molecule has 2 aromatic rings. The third-order valence-electron chi connectivity index (χ3n) is 3.85. The zero-order valence-electron chi connectivity index (χ0n) is 12.9. The van der Waals surface area contributed by atoms with E-state index >= 15 is 0 Å². The van der Waals surface area contributed by atoms with E-state index in [2.05, 4.69) is 74.4 Å². The van der Waals surface area contributed by atoms with Crippen molar-refractivity contribution in [3.63, 3.8) is 0 Å². The highest BCUT2D eigenvalue weighted by molar-refractivity contribution is 6.13. The Kier molecular flexibility index (Phi) is 3.91. The van der Waals surface area contributed by atoms with Crippen molar-refractivity contribution in [1.82, 2.24) is 4.23 Å². The van der Waals surface area contributed by atoms with Crippen molar-refractivity contribution in [3.8, 4) is 0 Å². The minimum atomic E-state index is 0.516. The van der Waals surface area contributed by atoms with Crippen molar-refractivity contribution >= 4 is 21.3 Å². The van der Waals surface area contributed by atoms with Crippen molar-refractivity contribution in [2.24, 2.45) is 0 Å². The smallest absolute Gasteiger partial charge is 0.195 e. The molecule has 2 rings (SSSR count). The quantitative estimate of drug-likeness (QED) is 0.696. The predicted octanol–water partition coefficient (Wildman–Crippen LogP) is 4.94. The summed E-state index contributed by atoms with van der Waals surface area (Å²) in [7, 11) is 3.83. The molecule has 0 aliphatic carbocycles. The van der Waals surface area contributed by atoms with Crippen LogP contribution in [0.25, 0.3) is 10.9 Å². The third kappa shape index (κ3) is 2.27. The van der Waals surface area contributed by atoms with Crippen molar-refractivity contribution < 1.29 is 0 Å². The van der Waals surface area contributed by atoms with E-state index in [4.69, 9.17) is 0 Å². The first kappa shape index (κ1) is 14.4. The lowest BCUT2D eigenvalue weighted by atomic mass is 9.90. The lowest BCUT2D eigenvalue weighted by Crippen LogP contribution is -2.04. The van der Waals surface area contributed by atoms with Crippen LogP contribution in [0.2, 0.25) is 0 Å². The van der Waals surface area contributed by atoms with E-state index in [9.17, 15) is 0 Å². The van der Waals surface area contributed by atoms with Crippen molar-refractivity contribution in [2.45, 2.75) is 59.3 Å². The molecule has 0 saturated heterocycles. The van der Waals surface area contributed by atoms with E-state index in [-0.39, 0.29) is 0 Å². The van der Waals surface area contributed by atoms with Crippen molar-refractivity contribution in [2.75, 3.05) is 0 Å². The zero-order chi connectivity index (χ0) is 14.3. The molecule has 0 unspecified atom stereocenters. The first-order chi connectivity index (χ1) is 8.86. The molecule has 0 amide bonds. The summed E-state index contributed by atoms with van der Waals surface area (Å²) in [6.45, 7) is 13.7. The van der Waals surface area contributed by atoms with Gasteiger partial charge in [0.25, 0.3) is 0 Å². The first-order valence-corrected chi connectivity index (χ1v) is 7.69. The number of fused-ring (bicyclic) bond motifs is 1. The third-order valence-corrected chi connectivity index (χ3v) is 4.33. The molecular weight excluding hydrogens is 246 g/mol. The van der Waals surface area contributed by atoms with Gasteiger partial charge in [0.2, 0.25) is 0 Å². The lowest BCUT2D eigenvalue weighted by Gasteiger charge is -2.15. The molecule has 0 aliphatic rings. The van der Waals surface area contributed by atoms with Crippen molar-refractivity contribution in [1.29, 1.82) is 0 Å². The van der Waals surface area contributed by atoms with E-state index < -0.39 is 0 Å². The van der Waals surface area contributed by atoms with Crippen LogP contribution in [0.4, 0.5) is 0 Å². The van der Waals surface area contributed by atoms with Crippen LogP contribution < -0.4 is 0 Å². The molecule has 1 aromatic carbocycles. The summed E-state index contributed by atoms with van der Waals surface area (Å²) in [6, 6.07) is 6.66. The maximum absolute atomic E-state index is 3.83. The number of aromatic nitrogens is 1. The van der Waals surface area contributed by atoms with Gasteiger partial charge in [-0.05, 0) is 34.9 Å². The van der Waals surface area contributed by atoms with Crippen LogP contribution in [-0.2, 0) is 0 Å². The monoisotopic (exact) mass is 270 g/mol. The second-order valence-electron chi connectivity index (χ2n) is 6.34. The van der Waals surface area contributed by atoms with Crippen LogP contribution in [0, 0.1) is 0 Å². The Balaban J connectivity index is 2.95. The van der Waals surface area contributed by atoms with Crippen LogP contribution in [0.15, 0.2) is 18.2 Å². The number of hydrogen-bond donors (Lipinski definition) is 0. The number of hydrogen-bond acceptors (Lipinski definition) is 0. The fourth-order valence-corrected chi connectivity index (χ4v) is 3.62. The number of nitrogens with zero attached hydrogens (tertiary/aromatic N) is 1. The fourth-order valence-electron chi connectivity index (χ4n) is 3.05. The molecule has 101 valence electrons. The summed E-state index contributed by atoms with van der Waals surface area (Å²) in [5.41, 5.74) is 5.68. The van der Waals surface area contributed by atoms with Crippen LogP contribution in [-0.4, -0.2) is 14.6 Å². The normalized spacial score (nSPS) is 12.3. The van der Waals surface area contributed by atoms with Gasteiger partial charge in [0.1, 0.15) is 0 Å². The van der Waals surface area contributed by atoms with Gasteiger partial charge in [0, 0.05) is 16.6 Å². The minimum absolute atomic E-state index is 0.516. The van der Waals surface area contributed by atoms with Crippen LogP contribution in [0.3, 0.4) is 0 Å². The molecule has 0 bridgehead atoms. The molecule has 19 heavy (non-hydrogen) atoms. The summed E-state index contributed by atoms with van der Waals surface area (Å²) < 4.78 is 2.21. The van der Waals surface area contributed by atoms with Gasteiger partial charge in [-0.2, -0.15) is 0 Å². The Morgan fingerprint density at radius 1 is 0.895 bits per heavy atom. The topological polar surface area (TPSA) is 4.93 Å². The van der Waals surface area contributed by atoms with Crippen LogP contribution in [0.5, 0.6) is 0 Å². The molecule has 1 nitrogen and oxygen atoms in total. The molecule has 0 atom stereocenters. The second-order valence-corrected chi connectivity index (χ2v) is 6.79. The van der Waals surface area contributed by atoms with E-state index in [1.807, 2.05) is 0 Å². The van der Waals surface area contributed by atoms with Gasteiger partial charge in [0.05, 0.1) is 0 Å². The molecule has 0 spiro atoms. The Morgan fingerprint density at radius 3 is 2.00 bits per heavy atom. The average molecular weight is 270 g/mol.